The average molecular weight is 403 g/mol. The molecule has 4 saturated carbocycles. The Morgan fingerprint density at radius 3 is 2.52 bits per heavy atom. The number of hydrogen-bond acceptors (Lipinski definition) is 2. The topological polar surface area (TPSA) is 32.8 Å². The van der Waals surface area contributed by atoms with Crippen LogP contribution in [0.2, 0.25) is 0 Å². The van der Waals surface area contributed by atoms with E-state index in [0.717, 1.165) is 48.3 Å². The van der Waals surface area contributed by atoms with E-state index >= 15 is 0 Å². The van der Waals surface area contributed by atoms with Crippen molar-refractivity contribution in [2.24, 2.45) is 46.3 Å². The molecule has 1 saturated heterocycles. The lowest BCUT2D eigenvalue weighted by molar-refractivity contribution is -0.116. The van der Waals surface area contributed by atoms with Crippen LogP contribution in [0.3, 0.4) is 0 Å². The summed E-state index contributed by atoms with van der Waals surface area (Å²) in [6.07, 6.45) is 14.8. The predicted octanol–water partition coefficient (Wildman–Crippen LogP) is 6.60. The molecule has 0 bridgehead atoms. The zero-order valence-corrected chi connectivity index (χ0v) is 19.8. The normalized spacial score (nSPS) is 54.3. The Labute approximate surface area is 179 Å². The Morgan fingerprint density at radius 1 is 0.966 bits per heavy atom. The van der Waals surface area contributed by atoms with Crippen molar-refractivity contribution in [3.8, 4) is 0 Å². The van der Waals surface area contributed by atoms with Gasteiger partial charge in [-0.15, -0.1) is 0 Å². The first kappa shape index (κ1) is 20.8. The van der Waals surface area contributed by atoms with E-state index in [2.05, 4.69) is 34.6 Å². The summed E-state index contributed by atoms with van der Waals surface area (Å²) in [5.41, 5.74) is 0.932. The molecule has 1 heterocycles. The minimum absolute atomic E-state index is 0.0434. The summed E-state index contributed by atoms with van der Waals surface area (Å²) in [6.45, 7) is 12.6. The van der Waals surface area contributed by atoms with Crippen LogP contribution >= 0.6 is 0 Å². The van der Waals surface area contributed by atoms with Gasteiger partial charge in [0, 0.05) is 11.8 Å². The van der Waals surface area contributed by atoms with E-state index in [-0.39, 0.29) is 11.7 Å². The van der Waals surface area contributed by atoms with Crippen molar-refractivity contribution in [2.45, 2.75) is 123 Å². The third-order valence-electron chi connectivity index (χ3n) is 11.3. The second-order valence-electron chi connectivity index (χ2n) is 13.0. The third-order valence-corrected chi connectivity index (χ3v) is 11.3. The molecular formula is C27H46O2. The molecular weight excluding hydrogens is 356 g/mol. The Kier molecular flexibility index (Phi) is 4.99. The van der Waals surface area contributed by atoms with Gasteiger partial charge in [-0.25, -0.2) is 0 Å². The number of aliphatic hydroxyl groups is 1. The maximum absolute atomic E-state index is 10.4. The molecule has 0 aromatic carbocycles. The molecule has 0 aromatic rings. The van der Waals surface area contributed by atoms with Crippen LogP contribution in [-0.2, 0) is 4.74 Å². The first-order valence-corrected chi connectivity index (χ1v) is 13.1. The number of ether oxygens (including phenoxy) is 1. The fraction of sp³-hybridized carbons (Fsp3) is 1.00. The first-order chi connectivity index (χ1) is 13.7. The van der Waals surface area contributed by atoms with Crippen molar-refractivity contribution < 1.29 is 9.84 Å². The molecule has 2 heteroatoms. The molecule has 1 N–H and O–H groups in total. The van der Waals surface area contributed by atoms with E-state index in [1.807, 2.05) is 0 Å². The molecule has 0 amide bonds. The molecule has 5 fully saturated rings. The molecule has 1 aliphatic heterocycles. The second kappa shape index (κ2) is 6.96. The molecule has 2 unspecified atom stereocenters. The number of rotatable bonds is 5. The van der Waals surface area contributed by atoms with Gasteiger partial charge in [-0.05, 0) is 85.9 Å². The Hall–Kier alpha value is -0.0800. The fourth-order valence-electron chi connectivity index (χ4n) is 9.68. The summed E-state index contributed by atoms with van der Waals surface area (Å²) in [6, 6.07) is 0. The van der Waals surface area contributed by atoms with Crippen LogP contribution in [0, 0.1) is 46.3 Å². The molecule has 0 radical (unpaired) electrons. The largest absolute Gasteiger partial charge is 0.393 e. The van der Waals surface area contributed by atoms with E-state index in [1.54, 1.807) is 0 Å². The van der Waals surface area contributed by atoms with Gasteiger partial charge in [-0.2, -0.15) is 0 Å². The molecule has 2 nitrogen and oxygen atoms in total. The number of hydrogen-bond donors (Lipinski definition) is 1. The molecule has 4 aliphatic carbocycles. The van der Waals surface area contributed by atoms with Crippen LogP contribution < -0.4 is 0 Å². The lowest BCUT2D eigenvalue weighted by Gasteiger charge is -2.59. The standard InChI is InChI=1S/C27H46O2/c1-17(2)7-6-8-18(3)21-9-10-22-20-15-24-27(29-24)16-19(28)11-14-26(27,5)23(20)12-13-25(21,22)4/h17-24,28H,6-16H2,1-5H3/t18-,19?,20+,21-,22+,23+,24-,25-,26-,27?/m1/s1. The molecule has 29 heavy (non-hydrogen) atoms. The number of fused-ring (bicyclic) bond motifs is 4. The van der Waals surface area contributed by atoms with Gasteiger partial charge in [0.2, 0.25) is 0 Å². The Balaban J connectivity index is 1.33. The minimum Gasteiger partial charge on any atom is -0.393 e. The minimum atomic E-state index is -0.124. The van der Waals surface area contributed by atoms with Gasteiger partial charge >= 0.3 is 0 Å². The quantitative estimate of drug-likeness (QED) is 0.525. The summed E-state index contributed by atoms with van der Waals surface area (Å²) in [7, 11) is 0. The molecule has 5 rings (SSSR count). The van der Waals surface area contributed by atoms with Crippen LogP contribution in [0.4, 0.5) is 0 Å². The van der Waals surface area contributed by atoms with E-state index in [4.69, 9.17) is 4.74 Å². The zero-order valence-electron chi connectivity index (χ0n) is 19.8. The second-order valence-corrected chi connectivity index (χ2v) is 13.0. The van der Waals surface area contributed by atoms with Gasteiger partial charge in [0.15, 0.2) is 0 Å². The summed E-state index contributed by atoms with van der Waals surface area (Å²) < 4.78 is 6.51. The van der Waals surface area contributed by atoms with Crippen molar-refractivity contribution >= 4 is 0 Å². The van der Waals surface area contributed by atoms with Crippen molar-refractivity contribution in [1.82, 2.24) is 0 Å². The highest BCUT2D eigenvalue weighted by Crippen LogP contribution is 2.74. The fourth-order valence-corrected chi connectivity index (χ4v) is 9.68. The maximum Gasteiger partial charge on any atom is 0.103 e. The van der Waals surface area contributed by atoms with Crippen LogP contribution in [0.25, 0.3) is 0 Å². The number of epoxide rings is 1. The van der Waals surface area contributed by atoms with Crippen LogP contribution in [0.1, 0.15) is 105 Å². The highest BCUT2D eigenvalue weighted by Gasteiger charge is 2.76. The predicted molar refractivity (Wildman–Crippen MR) is 119 cm³/mol. The van der Waals surface area contributed by atoms with E-state index < -0.39 is 0 Å². The van der Waals surface area contributed by atoms with Crippen LogP contribution in [0.5, 0.6) is 0 Å². The summed E-state index contributed by atoms with van der Waals surface area (Å²) in [5, 5.41) is 10.4. The lowest BCUT2D eigenvalue weighted by Crippen LogP contribution is -2.58. The lowest BCUT2D eigenvalue weighted by atomic mass is 9.44. The monoisotopic (exact) mass is 402 g/mol. The van der Waals surface area contributed by atoms with Crippen molar-refractivity contribution in [3.63, 3.8) is 0 Å². The van der Waals surface area contributed by atoms with E-state index in [1.165, 1.54) is 57.8 Å². The summed E-state index contributed by atoms with van der Waals surface area (Å²) >= 11 is 0. The molecule has 5 aliphatic rings. The van der Waals surface area contributed by atoms with Gasteiger partial charge in [-0.1, -0.05) is 53.9 Å². The van der Waals surface area contributed by atoms with Crippen LogP contribution in [0.15, 0.2) is 0 Å². The van der Waals surface area contributed by atoms with Gasteiger partial charge in [0.05, 0.1) is 12.2 Å². The highest BCUT2D eigenvalue weighted by atomic mass is 16.6. The van der Waals surface area contributed by atoms with Crippen molar-refractivity contribution in [2.75, 3.05) is 0 Å². The average Bonchev–Trinajstić information content (AvgIpc) is 3.22. The smallest absolute Gasteiger partial charge is 0.103 e. The number of aliphatic hydroxyl groups excluding tert-OH is 1. The van der Waals surface area contributed by atoms with Gasteiger partial charge in [0.1, 0.15) is 5.60 Å². The SMILES string of the molecule is CC(C)CCC[C@@H](C)[C@H]1CC[C@H]2[C@@H]3C[C@H]4OC45CC(O)CC[C@]5(C)[C@H]3CC[C@]12C. The Morgan fingerprint density at radius 2 is 1.76 bits per heavy atom. The van der Waals surface area contributed by atoms with E-state index in [9.17, 15) is 5.11 Å². The molecule has 1 spiro atoms. The summed E-state index contributed by atoms with van der Waals surface area (Å²) in [4.78, 5) is 0. The van der Waals surface area contributed by atoms with Gasteiger partial charge < -0.3 is 9.84 Å². The zero-order chi connectivity index (χ0) is 20.6. The summed E-state index contributed by atoms with van der Waals surface area (Å²) in [5.74, 6) is 5.31. The molecule has 10 atom stereocenters. The van der Waals surface area contributed by atoms with E-state index in [0.29, 0.717) is 16.9 Å². The Bertz CT molecular complexity index is 630. The third kappa shape index (κ3) is 2.94. The van der Waals surface area contributed by atoms with Crippen molar-refractivity contribution in [1.29, 1.82) is 0 Å². The molecule has 166 valence electrons. The van der Waals surface area contributed by atoms with Gasteiger partial charge in [0.25, 0.3) is 0 Å². The van der Waals surface area contributed by atoms with Crippen molar-refractivity contribution in [3.05, 3.63) is 0 Å². The highest BCUT2D eigenvalue weighted by molar-refractivity contribution is 5.24. The van der Waals surface area contributed by atoms with Gasteiger partial charge in [-0.3, -0.25) is 0 Å². The molecule has 0 aromatic heterocycles. The maximum atomic E-state index is 10.4. The first-order valence-electron chi connectivity index (χ1n) is 13.1. The van der Waals surface area contributed by atoms with Crippen LogP contribution in [-0.4, -0.2) is 22.9 Å².